The number of benzene rings is 1. The molecule has 0 aliphatic carbocycles. The monoisotopic (exact) mass is 287 g/mol. The van der Waals surface area contributed by atoms with E-state index in [9.17, 15) is 0 Å². The van der Waals surface area contributed by atoms with Crippen molar-refractivity contribution in [2.45, 2.75) is 38.8 Å². The molecule has 2 aromatic rings. The van der Waals surface area contributed by atoms with Crippen LogP contribution in [0.4, 0.5) is 0 Å². The molecule has 2 unspecified atom stereocenters. The summed E-state index contributed by atoms with van der Waals surface area (Å²) >= 11 is 0. The molecule has 2 heterocycles. The molecule has 1 fully saturated rings. The minimum atomic E-state index is 0.439. The Kier molecular flexibility index (Phi) is 4.56. The molecule has 4 nitrogen and oxygen atoms in total. The Bertz CT molecular complexity index is 587. The molecule has 1 aromatic carbocycles. The molecule has 21 heavy (non-hydrogen) atoms. The average Bonchev–Trinajstić information content (AvgIpc) is 2.91. The molecule has 0 amide bonds. The molecule has 4 heteroatoms. The van der Waals surface area contributed by atoms with Gasteiger partial charge in [-0.05, 0) is 38.8 Å². The standard InChI is InChI=1S/C17H25N3O/c1-3-20-17-9-5-4-8-14(17)16(19-20)11-15(18-2)13-7-6-10-21-12-13/h4-5,8-9,13,15,18H,3,6-7,10-12H2,1-2H3. The quantitative estimate of drug-likeness (QED) is 0.919. The Morgan fingerprint density at radius 1 is 1.43 bits per heavy atom. The summed E-state index contributed by atoms with van der Waals surface area (Å²) in [6.45, 7) is 4.85. The first kappa shape index (κ1) is 14.5. The van der Waals surface area contributed by atoms with Gasteiger partial charge < -0.3 is 10.1 Å². The minimum absolute atomic E-state index is 0.439. The molecule has 1 saturated heterocycles. The van der Waals surface area contributed by atoms with Crippen LogP contribution in [0.5, 0.6) is 0 Å². The first-order chi connectivity index (χ1) is 10.3. The van der Waals surface area contributed by atoms with Crippen LogP contribution in [0, 0.1) is 5.92 Å². The molecule has 114 valence electrons. The van der Waals surface area contributed by atoms with Crippen LogP contribution in [0.15, 0.2) is 24.3 Å². The average molecular weight is 287 g/mol. The lowest BCUT2D eigenvalue weighted by Crippen LogP contribution is -2.40. The predicted molar refractivity (Wildman–Crippen MR) is 85.5 cm³/mol. The zero-order valence-electron chi connectivity index (χ0n) is 13.0. The van der Waals surface area contributed by atoms with Gasteiger partial charge in [-0.25, -0.2) is 0 Å². The SMILES string of the molecule is CCn1nc(CC(NC)C2CCCOC2)c2ccccc21. The number of nitrogens with zero attached hydrogens (tertiary/aromatic N) is 2. The summed E-state index contributed by atoms with van der Waals surface area (Å²) < 4.78 is 7.76. The number of likely N-dealkylation sites (N-methyl/N-ethyl adjacent to an activating group) is 1. The van der Waals surface area contributed by atoms with Crippen LogP contribution < -0.4 is 5.32 Å². The maximum Gasteiger partial charge on any atom is 0.0719 e. The van der Waals surface area contributed by atoms with Gasteiger partial charge in [0.25, 0.3) is 0 Å². The van der Waals surface area contributed by atoms with Gasteiger partial charge in [0.05, 0.1) is 17.8 Å². The van der Waals surface area contributed by atoms with Crippen LogP contribution in [0.3, 0.4) is 0 Å². The van der Waals surface area contributed by atoms with E-state index in [0.717, 1.165) is 26.2 Å². The maximum atomic E-state index is 5.65. The highest BCUT2D eigenvalue weighted by Gasteiger charge is 2.25. The molecular weight excluding hydrogens is 262 g/mol. The van der Waals surface area contributed by atoms with Crippen molar-refractivity contribution in [3.05, 3.63) is 30.0 Å². The molecule has 0 radical (unpaired) electrons. The van der Waals surface area contributed by atoms with E-state index in [-0.39, 0.29) is 0 Å². The van der Waals surface area contributed by atoms with Gasteiger partial charge in [0, 0.05) is 31.0 Å². The third kappa shape index (κ3) is 2.97. The zero-order chi connectivity index (χ0) is 14.7. The summed E-state index contributed by atoms with van der Waals surface area (Å²) in [4.78, 5) is 0. The van der Waals surface area contributed by atoms with Gasteiger partial charge >= 0.3 is 0 Å². The van der Waals surface area contributed by atoms with Crippen molar-refractivity contribution in [2.24, 2.45) is 5.92 Å². The second-order valence-corrected chi connectivity index (χ2v) is 5.86. The first-order valence-electron chi connectivity index (χ1n) is 8.03. The van der Waals surface area contributed by atoms with E-state index >= 15 is 0 Å². The van der Waals surface area contributed by atoms with E-state index in [1.165, 1.54) is 29.4 Å². The molecule has 1 aromatic heterocycles. The lowest BCUT2D eigenvalue weighted by molar-refractivity contribution is 0.0404. The third-order valence-electron chi connectivity index (χ3n) is 4.58. The summed E-state index contributed by atoms with van der Waals surface area (Å²) in [5.74, 6) is 0.592. The van der Waals surface area contributed by atoms with Gasteiger partial charge in [0.1, 0.15) is 0 Å². The van der Waals surface area contributed by atoms with Crippen molar-refractivity contribution in [2.75, 3.05) is 20.3 Å². The first-order valence-corrected chi connectivity index (χ1v) is 8.03. The zero-order valence-corrected chi connectivity index (χ0v) is 13.0. The van der Waals surface area contributed by atoms with Gasteiger partial charge in [-0.1, -0.05) is 18.2 Å². The van der Waals surface area contributed by atoms with Crippen molar-refractivity contribution in [1.82, 2.24) is 15.1 Å². The summed E-state index contributed by atoms with van der Waals surface area (Å²) in [5.41, 5.74) is 2.45. The molecule has 1 N–H and O–H groups in total. The second-order valence-electron chi connectivity index (χ2n) is 5.86. The van der Waals surface area contributed by atoms with Gasteiger partial charge in [-0.2, -0.15) is 5.10 Å². The molecule has 1 aliphatic heterocycles. The third-order valence-corrected chi connectivity index (χ3v) is 4.58. The van der Waals surface area contributed by atoms with E-state index in [2.05, 4.69) is 48.2 Å². The summed E-state index contributed by atoms with van der Waals surface area (Å²) in [7, 11) is 2.05. The molecule has 0 bridgehead atoms. The fourth-order valence-electron chi connectivity index (χ4n) is 3.38. The summed E-state index contributed by atoms with van der Waals surface area (Å²) in [5, 5.41) is 9.60. The molecule has 0 spiro atoms. The lowest BCUT2D eigenvalue weighted by atomic mass is 9.90. The highest BCUT2D eigenvalue weighted by molar-refractivity contribution is 5.82. The summed E-state index contributed by atoms with van der Waals surface area (Å²) in [6, 6.07) is 8.98. The van der Waals surface area contributed by atoms with Gasteiger partial charge in [0.2, 0.25) is 0 Å². The van der Waals surface area contributed by atoms with E-state index in [4.69, 9.17) is 9.84 Å². The van der Waals surface area contributed by atoms with Gasteiger partial charge in [-0.3, -0.25) is 4.68 Å². The van der Waals surface area contributed by atoms with Crippen molar-refractivity contribution < 1.29 is 4.74 Å². The van der Waals surface area contributed by atoms with Crippen molar-refractivity contribution in [3.8, 4) is 0 Å². The molecule has 0 saturated carbocycles. The van der Waals surface area contributed by atoms with Crippen LogP contribution in [-0.4, -0.2) is 36.1 Å². The fourth-order valence-corrected chi connectivity index (χ4v) is 3.38. The number of aromatic nitrogens is 2. The number of rotatable bonds is 5. The Hall–Kier alpha value is -1.39. The van der Waals surface area contributed by atoms with Gasteiger partial charge in [0.15, 0.2) is 0 Å². The number of para-hydroxylation sites is 1. The number of ether oxygens (including phenoxy) is 1. The molecule has 2 atom stereocenters. The van der Waals surface area contributed by atoms with Crippen LogP contribution in [-0.2, 0) is 17.7 Å². The molecule has 1 aliphatic rings. The largest absolute Gasteiger partial charge is 0.381 e. The smallest absolute Gasteiger partial charge is 0.0719 e. The number of aryl methyl sites for hydroxylation is 1. The van der Waals surface area contributed by atoms with Crippen molar-refractivity contribution >= 4 is 10.9 Å². The van der Waals surface area contributed by atoms with Crippen LogP contribution in [0.1, 0.15) is 25.5 Å². The maximum absolute atomic E-state index is 5.65. The highest BCUT2D eigenvalue weighted by Crippen LogP contribution is 2.24. The molecular formula is C17H25N3O. The lowest BCUT2D eigenvalue weighted by Gasteiger charge is -2.29. The second kappa shape index (κ2) is 6.58. The number of hydrogen-bond donors (Lipinski definition) is 1. The van der Waals surface area contributed by atoms with Crippen LogP contribution in [0.2, 0.25) is 0 Å². The van der Waals surface area contributed by atoms with E-state index in [1.807, 2.05) is 0 Å². The Morgan fingerprint density at radius 2 is 2.29 bits per heavy atom. The summed E-state index contributed by atoms with van der Waals surface area (Å²) in [6.07, 6.45) is 3.39. The Morgan fingerprint density at radius 3 is 3.00 bits per heavy atom. The number of hydrogen-bond acceptors (Lipinski definition) is 3. The number of nitrogens with one attached hydrogen (secondary N) is 1. The Labute approximate surface area is 126 Å². The van der Waals surface area contributed by atoms with Gasteiger partial charge in [-0.15, -0.1) is 0 Å². The Balaban J connectivity index is 1.85. The number of fused-ring (bicyclic) bond motifs is 1. The van der Waals surface area contributed by atoms with Crippen LogP contribution in [0.25, 0.3) is 10.9 Å². The highest BCUT2D eigenvalue weighted by atomic mass is 16.5. The van der Waals surface area contributed by atoms with Crippen LogP contribution >= 0.6 is 0 Å². The predicted octanol–water partition coefficient (Wildman–Crippen LogP) is 2.61. The van der Waals surface area contributed by atoms with Crippen molar-refractivity contribution in [1.29, 1.82) is 0 Å². The minimum Gasteiger partial charge on any atom is -0.381 e. The molecule has 3 rings (SSSR count). The normalized spacial score (nSPS) is 20.8. The van der Waals surface area contributed by atoms with E-state index in [0.29, 0.717) is 12.0 Å². The van der Waals surface area contributed by atoms with Crippen molar-refractivity contribution in [3.63, 3.8) is 0 Å². The fraction of sp³-hybridized carbons (Fsp3) is 0.588. The van der Waals surface area contributed by atoms with E-state index in [1.54, 1.807) is 0 Å². The topological polar surface area (TPSA) is 39.1 Å². The van der Waals surface area contributed by atoms with E-state index < -0.39 is 0 Å².